The summed E-state index contributed by atoms with van der Waals surface area (Å²) in [5.41, 5.74) is 0.406. The molecule has 0 saturated carbocycles. The molecule has 0 aliphatic rings. The maximum atomic E-state index is 12.1. The highest BCUT2D eigenvalue weighted by Crippen LogP contribution is 2.29. The number of benzene rings is 1. The Kier molecular flexibility index (Phi) is 4.52. The first-order valence-corrected chi connectivity index (χ1v) is 8.57. The van der Waals surface area contributed by atoms with Crippen molar-refractivity contribution in [1.82, 2.24) is 0 Å². The Morgan fingerprint density at radius 2 is 2.05 bits per heavy atom. The molecule has 2 N–H and O–H groups in total. The second-order valence-electron chi connectivity index (χ2n) is 3.61. The van der Waals surface area contributed by atoms with Crippen molar-refractivity contribution in [2.24, 2.45) is 0 Å². The average Bonchev–Trinajstić information content (AvgIpc) is 2.82. The lowest BCUT2D eigenvalue weighted by molar-refractivity contribution is 0.285. The fourth-order valence-corrected chi connectivity index (χ4v) is 4.56. The van der Waals surface area contributed by atoms with Gasteiger partial charge in [0, 0.05) is 14.4 Å². The number of thiophene rings is 1. The van der Waals surface area contributed by atoms with Crippen molar-refractivity contribution >= 4 is 54.6 Å². The average molecular weight is 383 g/mol. The van der Waals surface area contributed by atoms with Crippen molar-refractivity contribution in [2.75, 3.05) is 4.72 Å². The van der Waals surface area contributed by atoms with Gasteiger partial charge in [-0.25, -0.2) is 8.42 Å². The Labute approximate surface area is 128 Å². The summed E-state index contributed by atoms with van der Waals surface area (Å²) >= 11 is 10.1. The van der Waals surface area contributed by atoms with Gasteiger partial charge in [0.15, 0.2) is 0 Å². The van der Waals surface area contributed by atoms with Crippen LogP contribution in [0, 0.1) is 0 Å². The number of aliphatic hydroxyl groups is 1. The molecule has 0 aliphatic carbocycles. The molecule has 0 aliphatic heterocycles. The van der Waals surface area contributed by atoms with Gasteiger partial charge in [0.1, 0.15) is 4.21 Å². The molecular formula is C11H9BrClNO3S2. The predicted octanol–water partition coefficient (Wildman–Crippen LogP) is 3.46. The molecule has 0 spiro atoms. The molecule has 4 nitrogen and oxygen atoms in total. The van der Waals surface area contributed by atoms with Crippen LogP contribution in [0.3, 0.4) is 0 Å². The van der Waals surface area contributed by atoms with Crippen LogP contribution in [-0.2, 0) is 16.6 Å². The summed E-state index contributed by atoms with van der Waals surface area (Å²) in [5.74, 6) is 0. The van der Waals surface area contributed by atoms with Gasteiger partial charge in [-0.15, -0.1) is 11.3 Å². The summed E-state index contributed by atoms with van der Waals surface area (Å²) in [4.78, 5) is 0.593. The number of hydrogen-bond donors (Lipinski definition) is 2. The van der Waals surface area contributed by atoms with E-state index in [4.69, 9.17) is 16.7 Å². The third kappa shape index (κ3) is 3.49. The van der Waals surface area contributed by atoms with Crippen LogP contribution in [0.1, 0.15) is 4.88 Å². The highest BCUT2D eigenvalue weighted by Gasteiger charge is 2.18. The molecule has 1 heterocycles. The minimum atomic E-state index is -3.65. The van der Waals surface area contributed by atoms with Crippen LogP contribution in [-0.4, -0.2) is 13.5 Å². The van der Waals surface area contributed by atoms with E-state index in [0.29, 0.717) is 20.1 Å². The Balaban J connectivity index is 2.30. The van der Waals surface area contributed by atoms with E-state index in [0.717, 1.165) is 11.3 Å². The molecule has 0 amide bonds. The van der Waals surface area contributed by atoms with E-state index >= 15 is 0 Å². The van der Waals surface area contributed by atoms with Crippen LogP contribution < -0.4 is 4.72 Å². The Morgan fingerprint density at radius 3 is 2.63 bits per heavy atom. The summed E-state index contributed by atoms with van der Waals surface area (Å²) in [6.07, 6.45) is 0. The van der Waals surface area contributed by atoms with Crippen LogP contribution in [0.15, 0.2) is 39.0 Å². The van der Waals surface area contributed by atoms with Crippen molar-refractivity contribution in [2.45, 2.75) is 10.8 Å². The lowest BCUT2D eigenvalue weighted by atomic mass is 10.3. The van der Waals surface area contributed by atoms with Gasteiger partial charge in [0.25, 0.3) is 10.0 Å². The smallest absolute Gasteiger partial charge is 0.271 e. The molecular weight excluding hydrogens is 374 g/mol. The van der Waals surface area contributed by atoms with E-state index < -0.39 is 10.0 Å². The molecule has 1 aromatic carbocycles. The first-order valence-electron chi connectivity index (χ1n) is 5.10. The molecule has 2 aromatic rings. The molecule has 0 saturated heterocycles. The van der Waals surface area contributed by atoms with Gasteiger partial charge in [0.05, 0.1) is 12.3 Å². The van der Waals surface area contributed by atoms with Crippen LogP contribution >= 0.6 is 38.9 Å². The molecule has 19 heavy (non-hydrogen) atoms. The summed E-state index contributed by atoms with van der Waals surface area (Å²) in [5, 5.41) is 9.46. The SMILES string of the molecule is O=S(=O)(Nc1ccc(Cl)cc1Br)c1ccc(CO)s1. The molecule has 0 bridgehead atoms. The van der Waals surface area contributed by atoms with Crippen LogP contribution in [0.5, 0.6) is 0 Å². The van der Waals surface area contributed by atoms with E-state index in [1.165, 1.54) is 6.07 Å². The highest BCUT2D eigenvalue weighted by atomic mass is 79.9. The lowest BCUT2D eigenvalue weighted by Crippen LogP contribution is -2.11. The van der Waals surface area contributed by atoms with Crippen LogP contribution in [0.4, 0.5) is 5.69 Å². The van der Waals surface area contributed by atoms with Gasteiger partial charge in [-0.2, -0.15) is 0 Å². The third-order valence-corrected chi connectivity index (χ3v) is 6.05. The molecule has 0 fully saturated rings. The standard InChI is InChI=1S/C11H9BrClNO3S2/c12-9-5-7(13)1-3-10(9)14-19(16,17)11-4-2-8(6-15)18-11/h1-5,14-15H,6H2. The number of rotatable bonds is 4. The second-order valence-corrected chi connectivity index (χ2v) is 7.98. The van der Waals surface area contributed by atoms with Gasteiger partial charge in [-0.05, 0) is 46.3 Å². The maximum Gasteiger partial charge on any atom is 0.271 e. The van der Waals surface area contributed by atoms with Gasteiger partial charge in [-0.3, -0.25) is 4.72 Å². The predicted molar refractivity (Wildman–Crippen MR) is 80.2 cm³/mol. The Morgan fingerprint density at radius 1 is 1.32 bits per heavy atom. The van der Waals surface area contributed by atoms with Crippen LogP contribution in [0.2, 0.25) is 5.02 Å². The first-order chi connectivity index (χ1) is 8.92. The van der Waals surface area contributed by atoms with Gasteiger partial charge >= 0.3 is 0 Å². The van der Waals surface area contributed by atoms with Gasteiger partial charge < -0.3 is 5.11 Å². The number of aliphatic hydroxyl groups excluding tert-OH is 1. The third-order valence-electron chi connectivity index (χ3n) is 2.23. The van der Waals surface area contributed by atoms with E-state index in [9.17, 15) is 8.42 Å². The number of hydrogen-bond acceptors (Lipinski definition) is 4. The molecule has 0 unspecified atom stereocenters. The fraction of sp³-hybridized carbons (Fsp3) is 0.0909. The zero-order valence-electron chi connectivity index (χ0n) is 9.43. The zero-order valence-corrected chi connectivity index (χ0v) is 13.4. The molecule has 8 heteroatoms. The first kappa shape index (κ1) is 14.8. The number of anilines is 1. The molecule has 2 rings (SSSR count). The topological polar surface area (TPSA) is 66.4 Å². The molecule has 1 aromatic heterocycles. The molecule has 0 radical (unpaired) electrons. The quantitative estimate of drug-likeness (QED) is 0.851. The second kappa shape index (κ2) is 5.80. The maximum absolute atomic E-state index is 12.1. The van der Waals surface area contributed by atoms with Crippen molar-refractivity contribution in [3.05, 3.63) is 44.7 Å². The number of nitrogens with one attached hydrogen (secondary N) is 1. The highest BCUT2D eigenvalue weighted by molar-refractivity contribution is 9.10. The van der Waals surface area contributed by atoms with Gasteiger partial charge in [-0.1, -0.05) is 11.6 Å². The lowest BCUT2D eigenvalue weighted by Gasteiger charge is -2.08. The minimum Gasteiger partial charge on any atom is -0.391 e. The number of sulfonamides is 1. The van der Waals surface area contributed by atoms with E-state index in [2.05, 4.69) is 20.7 Å². The summed E-state index contributed by atoms with van der Waals surface area (Å²) in [7, 11) is -3.65. The minimum absolute atomic E-state index is 0.151. The normalized spacial score (nSPS) is 11.5. The van der Waals surface area contributed by atoms with E-state index in [1.54, 1.807) is 24.3 Å². The van der Waals surface area contributed by atoms with Gasteiger partial charge in [0.2, 0.25) is 0 Å². The summed E-state index contributed by atoms with van der Waals surface area (Å²) < 4.78 is 27.4. The largest absolute Gasteiger partial charge is 0.391 e. The zero-order chi connectivity index (χ0) is 14.0. The van der Waals surface area contributed by atoms with Crippen LogP contribution in [0.25, 0.3) is 0 Å². The van der Waals surface area contributed by atoms with Crippen molar-refractivity contribution < 1.29 is 13.5 Å². The summed E-state index contributed by atoms with van der Waals surface area (Å²) in [6, 6.07) is 7.81. The summed E-state index contributed by atoms with van der Waals surface area (Å²) in [6.45, 7) is -0.176. The number of halogens is 2. The van der Waals surface area contributed by atoms with Crippen molar-refractivity contribution in [3.8, 4) is 0 Å². The van der Waals surface area contributed by atoms with Crippen molar-refractivity contribution in [3.63, 3.8) is 0 Å². The monoisotopic (exact) mass is 381 g/mol. The molecule has 102 valence electrons. The molecule has 0 atom stereocenters. The Bertz CT molecular complexity index is 700. The fourth-order valence-electron chi connectivity index (χ4n) is 1.35. The van der Waals surface area contributed by atoms with E-state index in [1.807, 2.05) is 0 Å². The van der Waals surface area contributed by atoms with Crippen molar-refractivity contribution in [1.29, 1.82) is 0 Å². The van der Waals surface area contributed by atoms with E-state index in [-0.39, 0.29) is 10.8 Å². The Hall–Kier alpha value is -0.600.